The van der Waals surface area contributed by atoms with Crippen LogP contribution in [-0.4, -0.2) is 61.8 Å². The van der Waals surface area contributed by atoms with E-state index < -0.39 is 16.1 Å². The molecule has 0 spiro atoms. The number of guanidine groups is 1. The van der Waals surface area contributed by atoms with Crippen molar-refractivity contribution in [2.24, 2.45) is 4.99 Å². The molecule has 9 heteroatoms. The van der Waals surface area contributed by atoms with Crippen LogP contribution in [0.5, 0.6) is 0 Å². The van der Waals surface area contributed by atoms with Crippen LogP contribution in [-0.2, 0) is 10.0 Å². The Hall–Kier alpha value is -0.910. The lowest BCUT2D eigenvalue weighted by Gasteiger charge is -2.32. The Kier molecular flexibility index (Phi) is 11.4. The fourth-order valence-electron chi connectivity index (χ4n) is 3.25. The predicted octanol–water partition coefficient (Wildman–Crippen LogP) is 2.41. The number of aliphatic hydroxyl groups excluding tert-OH is 1. The van der Waals surface area contributed by atoms with Gasteiger partial charge in [-0.25, -0.2) is 12.7 Å². The van der Waals surface area contributed by atoms with E-state index in [0.717, 1.165) is 30.5 Å². The first-order valence-corrected chi connectivity index (χ1v) is 11.7. The van der Waals surface area contributed by atoms with E-state index in [1.54, 1.807) is 4.31 Å². The summed E-state index contributed by atoms with van der Waals surface area (Å²) in [6.07, 6.45) is 1.47. The molecule has 3 N–H and O–H groups in total. The third kappa shape index (κ3) is 8.39. The number of halogens is 1. The highest BCUT2D eigenvalue weighted by Gasteiger charge is 2.27. The molecule has 1 unspecified atom stereocenters. The van der Waals surface area contributed by atoms with E-state index in [0.29, 0.717) is 25.5 Å². The predicted molar refractivity (Wildman–Crippen MR) is 129 cm³/mol. The van der Waals surface area contributed by atoms with Crippen molar-refractivity contribution >= 4 is 40.0 Å². The van der Waals surface area contributed by atoms with Crippen LogP contribution in [0.1, 0.15) is 50.3 Å². The van der Waals surface area contributed by atoms with Gasteiger partial charge in [-0.3, -0.25) is 4.99 Å². The Labute approximate surface area is 192 Å². The van der Waals surface area contributed by atoms with Crippen LogP contribution in [0.4, 0.5) is 0 Å². The molecule has 1 aliphatic heterocycles. The first-order valence-electron chi connectivity index (χ1n) is 10.1. The molecule has 1 aromatic carbocycles. The Bertz CT molecular complexity index is 733. The van der Waals surface area contributed by atoms with E-state index in [1.807, 2.05) is 45.0 Å². The summed E-state index contributed by atoms with van der Waals surface area (Å²) in [5.41, 5.74) is 2.00. The zero-order valence-electron chi connectivity index (χ0n) is 17.6. The molecule has 1 fully saturated rings. The molecular weight excluding hydrogens is 503 g/mol. The molecule has 0 saturated carbocycles. The minimum Gasteiger partial charge on any atom is -0.386 e. The second kappa shape index (κ2) is 12.7. The smallest absolute Gasteiger partial charge is 0.214 e. The average Bonchev–Trinajstić information content (AvgIpc) is 2.67. The quantitative estimate of drug-likeness (QED) is 0.269. The van der Waals surface area contributed by atoms with Crippen LogP contribution in [0.25, 0.3) is 0 Å². The molecule has 7 nitrogen and oxygen atoms in total. The highest BCUT2D eigenvalue weighted by atomic mass is 127. The lowest BCUT2D eigenvalue weighted by Crippen LogP contribution is -2.50. The molecule has 1 atom stereocenters. The highest BCUT2D eigenvalue weighted by molar-refractivity contribution is 14.0. The third-order valence-electron chi connectivity index (χ3n) is 4.88. The number of piperidine rings is 1. The molecule has 0 aliphatic carbocycles. The number of nitrogens with zero attached hydrogens (tertiary/aromatic N) is 2. The van der Waals surface area contributed by atoms with E-state index in [-0.39, 0.29) is 42.3 Å². The molecule has 1 saturated heterocycles. The maximum atomic E-state index is 12.2. The van der Waals surface area contributed by atoms with Gasteiger partial charge in [-0.15, -0.1) is 24.0 Å². The Morgan fingerprint density at radius 3 is 2.41 bits per heavy atom. The number of aliphatic imine (C=N–C) groups is 1. The van der Waals surface area contributed by atoms with Gasteiger partial charge in [-0.1, -0.05) is 36.8 Å². The molecule has 2 rings (SSSR count). The van der Waals surface area contributed by atoms with Crippen molar-refractivity contribution < 1.29 is 13.5 Å². The van der Waals surface area contributed by atoms with Gasteiger partial charge in [0, 0.05) is 25.7 Å². The van der Waals surface area contributed by atoms with E-state index in [1.165, 1.54) is 0 Å². The Morgan fingerprint density at radius 1 is 1.24 bits per heavy atom. The number of rotatable bonds is 8. The Morgan fingerprint density at radius 2 is 1.86 bits per heavy atom. The highest BCUT2D eigenvalue weighted by Crippen LogP contribution is 2.16. The number of hydrogen-bond acceptors (Lipinski definition) is 4. The topological polar surface area (TPSA) is 94.0 Å². The van der Waals surface area contributed by atoms with Crippen molar-refractivity contribution in [3.05, 3.63) is 35.4 Å². The molecular formula is C20H35IN4O3S. The first kappa shape index (κ1) is 26.1. The molecule has 1 heterocycles. The van der Waals surface area contributed by atoms with Crippen LogP contribution in [0.15, 0.2) is 29.3 Å². The molecule has 1 aliphatic rings. The number of aliphatic hydroxyl groups is 1. The summed E-state index contributed by atoms with van der Waals surface area (Å²) in [6, 6.07) is 7.96. The van der Waals surface area contributed by atoms with Crippen molar-refractivity contribution in [1.82, 2.24) is 14.9 Å². The van der Waals surface area contributed by atoms with Crippen LogP contribution in [0.3, 0.4) is 0 Å². The number of sulfonamides is 1. The molecule has 1 aromatic rings. The summed E-state index contributed by atoms with van der Waals surface area (Å²) < 4.78 is 26.0. The fourth-order valence-corrected chi connectivity index (χ4v) is 4.79. The summed E-state index contributed by atoms with van der Waals surface area (Å²) in [6.45, 7) is 7.94. The third-order valence-corrected chi connectivity index (χ3v) is 6.96. The van der Waals surface area contributed by atoms with Gasteiger partial charge in [0.25, 0.3) is 0 Å². The lowest BCUT2D eigenvalue weighted by atomic mass is 10.1. The molecule has 0 radical (unpaired) electrons. The van der Waals surface area contributed by atoms with Crippen LogP contribution < -0.4 is 10.6 Å². The number of aryl methyl sites for hydroxylation is 1. The fraction of sp³-hybridized carbons (Fsp3) is 0.650. The van der Waals surface area contributed by atoms with Crippen molar-refractivity contribution in [1.29, 1.82) is 0 Å². The maximum Gasteiger partial charge on any atom is 0.214 e. The molecule has 166 valence electrons. The number of hydrogen-bond donors (Lipinski definition) is 3. The summed E-state index contributed by atoms with van der Waals surface area (Å²) in [7, 11) is -3.12. The second-order valence-electron chi connectivity index (χ2n) is 7.28. The van der Waals surface area contributed by atoms with E-state index in [4.69, 9.17) is 0 Å². The zero-order valence-corrected chi connectivity index (χ0v) is 20.7. The van der Waals surface area contributed by atoms with Crippen LogP contribution in [0.2, 0.25) is 0 Å². The van der Waals surface area contributed by atoms with E-state index >= 15 is 0 Å². The van der Waals surface area contributed by atoms with Gasteiger partial charge >= 0.3 is 0 Å². The van der Waals surface area contributed by atoms with Crippen molar-refractivity contribution in [2.45, 2.75) is 52.2 Å². The van der Waals surface area contributed by atoms with E-state index in [2.05, 4.69) is 15.6 Å². The van der Waals surface area contributed by atoms with Gasteiger partial charge in [0.2, 0.25) is 10.0 Å². The normalized spacial score (nSPS) is 17.4. The van der Waals surface area contributed by atoms with Gasteiger partial charge in [0.05, 0.1) is 18.4 Å². The largest absolute Gasteiger partial charge is 0.386 e. The van der Waals surface area contributed by atoms with Crippen molar-refractivity contribution in [3.63, 3.8) is 0 Å². The summed E-state index contributed by atoms with van der Waals surface area (Å²) in [4.78, 5) is 4.52. The van der Waals surface area contributed by atoms with Crippen molar-refractivity contribution in [3.8, 4) is 0 Å². The molecule has 0 bridgehead atoms. The van der Waals surface area contributed by atoms with Gasteiger partial charge in [-0.05, 0) is 38.7 Å². The standard InChI is InChI=1S/C20H34N4O3S.HI/c1-4-14-28(26,27)24-12-10-18(11-13-24)23-20(21-5-2)22-15-19(25)17-8-6-16(3)7-9-17;/h6-9,18-19,25H,4-5,10-15H2,1-3H3,(H2,21,22,23);1H. The second-order valence-corrected chi connectivity index (χ2v) is 9.37. The molecule has 0 amide bonds. The SMILES string of the molecule is CCCS(=O)(=O)N1CCC(NC(=NCC(O)c2ccc(C)cc2)NCC)CC1.I. The van der Waals surface area contributed by atoms with Crippen molar-refractivity contribution in [2.75, 3.05) is 31.9 Å². The summed E-state index contributed by atoms with van der Waals surface area (Å²) >= 11 is 0. The minimum absolute atomic E-state index is 0. The molecule has 0 aromatic heterocycles. The first-order chi connectivity index (χ1) is 13.4. The van der Waals surface area contributed by atoms with E-state index in [9.17, 15) is 13.5 Å². The van der Waals surface area contributed by atoms with Crippen LogP contribution >= 0.6 is 24.0 Å². The van der Waals surface area contributed by atoms with Crippen LogP contribution in [0, 0.1) is 6.92 Å². The van der Waals surface area contributed by atoms with Gasteiger partial charge < -0.3 is 15.7 Å². The van der Waals surface area contributed by atoms with Gasteiger partial charge in [0.1, 0.15) is 0 Å². The zero-order chi connectivity index (χ0) is 20.6. The number of benzene rings is 1. The average molecular weight is 538 g/mol. The van der Waals surface area contributed by atoms with Gasteiger partial charge in [-0.2, -0.15) is 0 Å². The number of nitrogens with one attached hydrogen (secondary N) is 2. The maximum absolute atomic E-state index is 12.2. The van der Waals surface area contributed by atoms with Gasteiger partial charge in [0.15, 0.2) is 5.96 Å². The molecule has 29 heavy (non-hydrogen) atoms. The summed E-state index contributed by atoms with van der Waals surface area (Å²) in [5.74, 6) is 0.870. The monoisotopic (exact) mass is 538 g/mol. The Balaban J connectivity index is 0.00000420. The summed E-state index contributed by atoms with van der Waals surface area (Å²) in [5, 5.41) is 17.0. The minimum atomic E-state index is -3.12. The lowest BCUT2D eigenvalue weighted by molar-refractivity contribution is 0.187.